The number of anilines is 1. The van der Waals surface area contributed by atoms with Crippen LogP contribution in [0.1, 0.15) is 38.1 Å². The molecule has 0 saturated carbocycles. The lowest BCUT2D eigenvalue weighted by Gasteiger charge is -2.31. The van der Waals surface area contributed by atoms with Gasteiger partial charge in [-0.3, -0.25) is 9.32 Å². The first-order valence-electron chi connectivity index (χ1n) is 14.1. The number of para-hydroxylation sites is 1. The number of aliphatic hydroxyl groups excluding tert-OH is 2. The Labute approximate surface area is 254 Å². The molecule has 44 heavy (non-hydrogen) atoms. The van der Waals surface area contributed by atoms with Gasteiger partial charge in [0.15, 0.2) is 5.82 Å². The summed E-state index contributed by atoms with van der Waals surface area (Å²) in [4.78, 5) is 17.1. The molecule has 14 heteroatoms. The van der Waals surface area contributed by atoms with Gasteiger partial charge in [-0.25, -0.2) is 14.1 Å². The number of carbonyl (C=O) groups excluding carboxylic acids is 1. The molecule has 2 aromatic heterocycles. The molecule has 0 amide bonds. The van der Waals surface area contributed by atoms with E-state index in [0.717, 1.165) is 5.56 Å². The van der Waals surface area contributed by atoms with Crippen molar-refractivity contribution in [3.63, 3.8) is 0 Å². The molecular weight excluding hydrogens is 589 g/mol. The molecule has 1 unspecified atom stereocenters. The van der Waals surface area contributed by atoms with Gasteiger partial charge in [0.2, 0.25) is 0 Å². The fourth-order valence-electron chi connectivity index (χ4n) is 4.96. The summed E-state index contributed by atoms with van der Waals surface area (Å²) >= 11 is 0. The highest BCUT2D eigenvalue weighted by atomic mass is 31.2. The zero-order chi connectivity index (χ0) is 31.5. The van der Waals surface area contributed by atoms with Gasteiger partial charge < -0.3 is 29.9 Å². The normalized spacial score (nSPS) is 23.8. The standard InChI is InChI=1S/C30H36N5O8P/c1-19(2)41-29(38)22(16-20-10-6-4-7-11-20)34-44(39,43-21-12-8-5-9-13-21)40-17-30(3)27(37)25(36)26(42-30)23-14-15-24-28(31)32-18-33-35(23)24/h4-15,18-19,22,25-27,36-37H,16-17H2,1-3H3,(H,34,39)(H2,31,32,33)/t22-,25-,26-,27-,30+,44?/m0/s1. The number of ether oxygens (including phenoxy) is 2. The summed E-state index contributed by atoms with van der Waals surface area (Å²) < 4.78 is 39.2. The zero-order valence-corrected chi connectivity index (χ0v) is 25.4. The Kier molecular flexibility index (Phi) is 9.35. The van der Waals surface area contributed by atoms with E-state index in [9.17, 15) is 19.6 Å². The predicted octanol–water partition coefficient (Wildman–Crippen LogP) is 3.22. The summed E-state index contributed by atoms with van der Waals surface area (Å²) in [6, 6.07) is 19.7. The predicted molar refractivity (Wildman–Crippen MR) is 161 cm³/mol. The summed E-state index contributed by atoms with van der Waals surface area (Å²) in [5.41, 5.74) is 6.10. The molecule has 1 saturated heterocycles. The molecule has 1 fully saturated rings. The van der Waals surface area contributed by atoms with E-state index in [1.54, 1.807) is 56.3 Å². The lowest BCUT2D eigenvalue weighted by Crippen LogP contribution is -2.45. The number of aromatic nitrogens is 3. The molecule has 0 radical (unpaired) electrons. The van der Waals surface area contributed by atoms with Crippen molar-refractivity contribution < 1.29 is 38.1 Å². The summed E-state index contributed by atoms with van der Waals surface area (Å²) in [7, 11) is -4.36. The average Bonchev–Trinajstić information content (AvgIpc) is 3.52. The number of esters is 1. The van der Waals surface area contributed by atoms with Crippen LogP contribution in [-0.2, 0) is 29.8 Å². The van der Waals surface area contributed by atoms with Crippen LogP contribution in [0.25, 0.3) is 5.52 Å². The summed E-state index contributed by atoms with van der Waals surface area (Å²) in [6.07, 6.45) is -2.93. The molecule has 1 aliphatic heterocycles. The lowest BCUT2D eigenvalue weighted by molar-refractivity contribution is -0.149. The van der Waals surface area contributed by atoms with Gasteiger partial charge in [-0.15, -0.1) is 0 Å². The number of nitrogen functional groups attached to an aromatic ring is 1. The SMILES string of the molecule is CC(C)OC(=O)[C@H](Cc1ccccc1)NP(=O)(OC[C@@]1(C)O[C@@H](c2ccc3c(N)ncnn23)[C@H](O)[C@@H]1O)Oc1ccccc1. The number of nitrogens with two attached hydrogens (primary N) is 1. The van der Waals surface area contributed by atoms with E-state index < -0.39 is 56.4 Å². The second kappa shape index (κ2) is 13.0. The fourth-order valence-corrected chi connectivity index (χ4v) is 6.54. The van der Waals surface area contributed by atoms with E-state index in [-0.39, 0.29) is 18.0 Å². The Balaban J connectivity index is 1.41. The molecule has 6 atom stereocenters. The van der Waals surface area contributed by atoms with Crippen molar-refractivity contribution in [3.05, 3.63) is 90.4 Å². The van der Waals surface area contributed by atoms with Crippen LogP contribution in [0.5, 0.6) is 5.75 Å². The van der Waals surface area contributed by atoms with Crippen molar-refractivity contribution in [1.29, 1.82) is 0 Å². The number of carbonyl (C=O) groups is 1. The van der Waals surface area contributed by atoms with Crippen molar-refractivity contribution in [3.8, 4) is 5.75 Å². The minimum Gasteiger partial charge on any atom is -0.462 e. The number of rotatable bonds is 12. The second-order valence-electron chi connectivity index (χ2n) is 11.0. The third-order valence-electron chi connectivity index (χ3n) is 7.18. The number of aliphatic hydroxyl groups is 2. The lowest BCUT2D eigenvalue weighted by atomic mass is 9.97. The Morgan fingerprint density at radius 1 is 1.11 bits per heavy atom. The Hall–Kier alpha value is -3.84. The molecule has 5 rings (SSSR count). The number of hydrogen-bond acceptors (Lipinski definition) is 11. The third-order valence-corrected chi connectivity index (χ3v) is 8.73. The smallest absolute Gasteiger partial charge is 0.459 e. The van der Waals surface area contributed by atoms with Gasteiger partial charge >= 0.3 is 13.7 Å². The van der Waals surface area contributed by atoms with Gasteiger partial charge in [0.1, 0.15) is 47.5 Å². The molecule has 234 valence electrons. The van der Waals surface area contributed by atoms with Gasteiger partial charge in [-0.1, -0.05) is 48.5 Å². The van der Waals surface area contributed by atoms with Gasteiger partial charge in [0.25, 0.3) is 0 Å². The second-order valence-corrected chi connectivity index (χ2v) is 12.7. The minimum atomic E-state index is -4.36. The van der Waals surface area contributed by atoms with E-state index >= 15 is 0 Å². The number of fused-ring (bicyclic) bond motifs is 1. The van der Waals surface area contributed by atoms with Crippen LogP contribution in [0, 0.1) is 0 Å². The van der Waals surface area contributed by atoms with Crippen LogP contribution in [0.3, 0.4) is 0 Å². The highest BCUT2D eigenvalue weighted by Gasteiger charge is 2.54. The van der Waals surface area contributed by atoms with Crippen LogP contribution in [0.2, 0.25) is 0 Å². The van der Waals surface area contributed by atoms with Gasteiger partial charge in [-0.05, 0) is 57.0 Å². The molecule has 1 aliphatic rings. The number of nitrogens with one attached hydrogen (secondary N) is 1. The number of hydrogen-bond donors (Lipinski definition) is 4. The van der Waals surface area contributed by atoms with Crippen molar-refractivity contribution in [2.45, 2.75) is 63.3 Å². The molecule has 3 heterocycles. The average molecular weight is 626 g/mol. The monoisotopic (exact) mass is 625 g/mol. The Morgan fingerprint density at radius 2 is 1.80 bits per heavy atom. The molecule has 13 nitrogen and oxygen atoms in total. The molecule has 4 aromatic rings. The van der Waals surface area contributed by atoms with Crippen molar-refractivity contribution >= 4 is 25.1 Å². The molecule has 0 bridgehead atoms. The molecule has 2 aromatic carbocycles. The maximum absolute atomic E-state index is 14.4. The Bertz CT molecular complexity index is 1620. The van der Waals surface area contributed by atoms with Gasteiger partial charge in [0, 0.05) is 0 Å². The number of nitrogens with zero attached hydrogens (tertiary/aromatic N) is 3. The van der Waals surface area contributed by atoms with Gasteiger partial charge in [0.05, 0.1) is 18.4 Å². The fraction of sp³-hybridized carbons (Fsp3) is 0.367. The highest BCUT2D eigenvalue weighted by Crippen LogP contribution is 2.48. The van der Waals surface area contributed by atoms with Gasteiger partial charge in [-0.2, -0.15) is 10.2 Å². The first-order valence-corrected chi connectivity index (χ1v) is 15.7. The van der Waals surface area contributed by atoms with Crippen LogP contribution in [-0.4, -0.2) is 67.3 Å². The van der Waals surface area contributed by atoms with Crippen molar-refractivity contribution in [2.75, 3.05) is 12.3 Å². The summed E-state index contributed by atoms with van der Waals surface area (Å²) in [6.45, 7) is 4.45. The van der Waals surface area contributed by atoms with Crippen LogP contribution >= 0.6 is 7.75 Å². The van der Waals surface area contributed by atoms with E-state index in [2.05, 4.69) is 15.2 Å². The summed E-state index contributed by atoms with van der Waals surface area (Å²) in [5, 5.41) is 29.1. The first-order chi connectivity index (χ1) is 21.0. The summed E-state index contributed by atoms with van der Waals surface area (Å²) in [5.74, 6) is -0.201. The quantitative estimate of drug-likeness (QED) is 0.134. The van der Waals surface area contributed by atoms with E-state index in [1.807, 2.05) is 30.3 Å². The minimum absolute atomic E-state index is 0.126. The molecule has 0 aliphatic carbocycles. The topological polar surface area (TPSA) is 180 Å². The van der Waals surface area contributed by atoms with E-state index in [0.29, 0.717) is 11.2 Å². The van der Waals surface area contributed by atoms with Crippen molar-refractivity contribution in [2.24, 2.45) is 0 Å². The molecule has 5 N–H and O–H groups in total. The molecule has 0 spiro atoms. The largest absolute Gasteiger partial charge is 0.462 e. The molecular formula is C30H36N5O8P. The van der Waals surface area contributed by atoms with E-state index in [1.165, 1.54) is 17.8 Å². The van der Waals surface area contributed by atoms with Crippen LogP contribution in [0.4, 0.5) is 5.82 Å². The van der Waals surface area contributed by atoms with Crippen LogP contribution < -0.4 is 15.3 Å². The maximum Gasteiger partial charge on any atom is 0.459 e. The third kappa shape index (κ3) is 6.94. The Morgan fingerprint density at radius 3 is 2.48 bits per heavy atom. The first kappa shape index (κ1) is 31.6. The van der Waals surface area contributed by atoms with Crippen molar-refractivity contribution in [1.82, 2.24) is 19.7 Å². The highest BCUT2D eigenvalue weighted by molar-refractivity contribution is 7.52. The maximum atomic E-state index is 14.4. The zero-order valence-electron chi connectivity index (χ0n) is 24.5. The van der Waals surface area contributed by atoms with E-state index in [4.69, 9.17) is 24.3 Å². The van der Waals surface area contributed by atoms with Crippen LogP contribution in [0.15, 0.2) is 79.1 Å². The number of benzene rings is 2.